The fourth-order valence-electron chi connectivity index (χ4n) is 1.34. The van der Waals surface area contributed by atoms with Crippen LogP contribution < -0.4 is 5.32 Å². The normalized spacial score (nSPS) is 10.4. The van der Waals surface area contributed by atoms with Crippen LogP contribution in [0, 0.1) is 6.92 Å². The molecule has 1 aromatic heterocycles. The molecule has 1 heterocycles. The molecule has 0 amide bonds. The maximum atomic E-state index is 5.89. The summed E-state index contributed by atoms with van der Waals surface area (Å²) in [6, 6.07) is 7.59. The van der Waals surface area contributed by atoms with Gasteiger partial charge in [-0.25, -0.2) is 4.98 Å². The van der Waals surface area contributed by atoms with Crippen molar-refractivity contribution in [2.24, 2.45) is 0 Å². The van der Waals surface area contributed by atoms with E-state index in [1.807, 2.05) is 37.4 Å². The molecule has 0 unspecified atom stereocenters. The van der Waals surface area contributed by atoms with Crippen molar-refractivity contribution < 1.29 is 0 Å². The van der Waals surface area contributed by atoms with Gasteiger partial charge in [-0.2, -0.15) is 0 Å². The predicted octanol–water partition coefficient (Wildman–Crippen LogP) is 5.31. The highest BCUT2D eigenvalue weighted by molar-refractivity contribution is 9.11. The van der Waals surface area contributed by atoms with Crippen LogP contribution in [0.25, 0.3) is 0 Å². The number of benzene rings is 1. The maximum Gasteiger partial charge on any atom is 0.144 e. The van der Waals surface area contributed by atoms with Gasteiger partial charge in [0.15, 0.2) is 0 Å². The summed E-state index contributed by atoms with van der Waals surface area (Å²) in [5, 5.41) is 3.92. The van der Waals surface area contributed by atoms with Crippen LogP contribution in [0.15, 0.2) is 39.4 Å². The number of hydrogen-bond donors (Lipinski definition) is 1. The molecule has 0 aliphatic rings. The molecule has 0 saturated carbocycles. The Labute approximate surface area is 122 Å². The van der Waals surface area contributed by atoms with Crippen molar-refractivity contribution in [1.82, 2.24) is 4.98 Å². The zero-order valence-corrected chi connectivity index (χ0v) is 12.9. The topological polar surface area (TPSA) is 24.9 Å². The van der Waals surface area contributed by atoms with E-state index in [4.69, 9.17) is 11.6 Å². The number of halogens is 3. The highest BCUT2D eigenvalue weighted by atomic mass is 79.9. The van der Waals surface area contributed by atoms with Crippen molar-refractivity contribution in [2.75, 3.05) is 5.32 Å². The van der Waals surface area contributed by atoms with Crippen molar-refractivity contribution in [3.63, 3.8) is 0 Å². The molecule has 0 saturated heterocycles. The van der Waals surface area contributed by atoms with Crippen LogP contribution in [0.4, 0.5) is 11.5 Å². The first-order chi connectivity index (χ1) is 8.06. The molecule has 0 atom stereocenters. The van der Waals surface area contributed by atoms with Gasteiger partial charge in [0.05, 0.1) is 10.2 Å². The molecule has 0 spiro atoms. The third-order valence-corrected chi connectivity index (χ3v) is 3.66. The minimum Gasteiger partial charge on any atom is -0.338 e. The van der Waals surface area contributed by atoms with Crippen LogP contribution in [0.1, 0.15) is 5.56 Å². The standard InChI is InChI=1S/C12H9Br2ClN2/c1-7-4-10(14)12(16-6-7)17-11-3-2-8(15)5-9(11)13/h2-6H,1H3,(H,16,17). The lowest BCUT2D eigenvalue weighted by atomic mass is 10.3. The average Bonchev–Trinajstić information content (AvgIpc) is 2.25. The van der Waals surface area contributed by atoms with Gasteiger partial charge >= 0.3 is 0 Å². The molecule has 1 N–H and O–H groups in total. The van der Waals surface area contributed by atoms with Crippen LogP contribution in [0.3, 0.4) is 0 Å². The Morgan fingerprint density at radius 1 is 1.18 bits per heavy atom. The number of rotatable bonds is 2. The Balaban J connectivity index is 2.31. The summed E-state index contributed by atoms with van der Waals surface area (Å²) in [6.45, 7) is 2.00. The number of pyridine rings is 1. The van der Waals surface area contributed by atoms with Gasteiger partial charge in [0.25, 0.3) is 0 Å². The van der Waals surface area contributed by atoms with E-state index in [1.54, 1.807) is 0 Å². The first-order valence-corrected chi connectivity index (χ1v) is 6.87. The molecule has 2 rings (SSSR count). The molecule has 0 aliphatic heterocycles. The molecule has 0 bridgehead atoms. The summed E-state index contributed by atoms with van der Waals surface area (Å²) in [4.78, 5) is 4.32. The van der Waals surface area contributed by atoms with Gasteiger partial charge in [-0.1, -0.05) is 11.6 Å². The summed E-state index contributed by atoms with van der Waals surface area (Å²) in [7, 11) is 0. The lowest BCUT2D eigenvalue weighted by molar-refractivity contribution is 1.24. The van der Waals surface area contributed by atoms with E-state index in [-0.39, 0.29) is 0 Å². The molecule has 0 fully saturated rings. The summed E-state index contributed by atoms with van der Waals surface area (Å²) in [6.07, 6.45) is 1.82. The molecule has 5 heteroatoms. The van der Waals surface area contributed by atoms with E-state index in [9.17, 15) is 0 Å². The summed E-state index contributed by atoms with van der Waals surface area (Å²) in [5.74, 6) is 0.777. The van der Waals surface area contributed by atoms with Crippen molar-refractivity contribution in [3.05, 3.63) is 50.0 Å². The summed E-state index contributed by atoms with van der Waals surface area (Å²) in [5.41, 5.74) is 2.03. The molecule has 2 aromatic rings. The highest BCUT2D eigenvalue weighted by Gasteiger charge is 2.05. The van der Waals surface area contributed by atoms with Gasteiger partial charge in [-0.15, -0.1) is 0 Å². The van der Waals surface area contributed by atoms with Crippen molar-refractivity contribution in [3.8, 4) is 0 Å². The van der Waals surface area contributed by atoms with Crippen LogP contribution in [-0.4, -0.2) is 4.98 Å². The molecule has 0 radical (unpaired) electrons. The molecule has 0 aliphatic carbocycles. The van der Waals surface area contributed by atoms with E-state index in [1.165, 1.54) is 0 Å². The number of anilines is 2. The predicted molar refractivity (Wildman–Crippen MR) is 79.1 cm³/mol. The lowest BCUT2D eigenvalue weighted by Gasteiger charge is -2.10. The van der Waals surface area contributed by atoms with Gasteiger partial charge in [0.1, 0.15) is 5.82 Å². The second-order valence-corrected chi connectivity index (χ2v) is 5.74. The monoisotopic (exact) mass is 374 g/mol. The van der Waals surface area contributed by atoms with Gasteiger partial charge in [-0.3, -0.25) is 0 Å². The van der Waals surface area contributed by atoms with E-state index in [0.29, 0.717) is 5.02 Å². The molecule has 1 aromatic carbocycles. The van der Waals surface area contributed by atoms with Crippen molar-refractivity contribution >= 4 is 55.0 Å². The lowest BCUT2D eigenvalue weighted by Crippen LogP contribution is -1.95. The molecular formula is C12H9Br2ClN2. The summed E-state index contributed by atoms with van der Waals surface area (Å²) >= 11 is 12.8. The number of hydrogen-bond acceptors (Lipinski definition) is 2. The first kappa shape index (κ1) is 12.9. The third kappa shape index (κ3) is 3.21. The van der Waals surface area contributed by atoms with Crippen molar-refractivity contribution in [2.45, 2.75) is 6.92 Å². The van der Waals surface area contributed by atoms with Crippen molar-refractivity contribution in [1.29, 1.82) is 0 Å². The van der Waals surface area contributed by atoms with E-state index < -0.39 is 0 Å². The Hall–Kier alpha value is -0.580. The summed E-state index contributed by atoms with van der Waals surface area (Å²) < 4.78 is 1.83. The zero-order valence-electron chi connectivity index (χ0n) is 8.97. The third-order valence-electron chi connectivity index (χ3n) is 2.16. The fourth-order valence-corrected chi connectivity index (χ4v) is 2.69. The number of aryl methyl sites for hydroxylation is 1. The van der Waals surface area contributed by atoms with Crippen LogP contribution >= 0.6 is 43.5 Å². The quantitative estimate of drug-likeness (QED) is 0.768. The molecule has 17 heavy (non-hydrogen) atoms. The largest absolute Gasteiger partial charge is 0.338 e. The van der Waals surface area contributed by atoms with Gasteiger partial charge in [0.2, 0.25) is 0 Å². The number of nitrogens with one attached hydrogen (secondary N) is 1. The first-order valence-electron chi connectivity index (χ1n) is 4.90. The minimum atomic E-state index is 0.693. The van der Waals surface area contributed by atoms with Gasteiger partial charge in [0, 0.05) is 15.7 Å². The van der Waals surface area contributed by atoms with Crippen LogP contribution in [-0.2, 0) is 0 Å². The zero-order chi connectivity index (χ0) is 12.4. The number of nitrogens with zero attached hydrogens (tertiary/aromatic N) is 1. The molecule has 2 nitrogen and oxygen atoms in total. The van der Waals surface area contributed by atoms with Crippen LogP contribution in [0.5, 0.6) is 0 Å². The number of aromatic nitrogens is 1. The Bertz CT molecular complexity index is 509. The Morgan fingerprint density at radius 3 is 2.59 bits per heavy atom. The smallest absolute Gasteiger partial charge is 0.144 e. The van der Waals surface area contributed by atoms with Gasteiger partial charge in [-0.05, 0) is 68.6 Å². The molecule has 88 valence electrons. The van der Waals surface area contributed by atoms with E-state index in [2.05, 4.69) is 42.2 Å². The molecular weight excluding hydrogens is 367 g/mol. The van der Waals surface area contributed by atoms with Crippen LogP contribution in [0.2, 0.25) is 5.02 Å². The van der Waals surface area contributed by atoms with E-state index >= 15 is 0 Å². The Kier molecular flexibility index (Phi) is 4.07. The van der Waals surface area contributed by atoms with E-state index in [0.717, 1.165) is 26.0 Å². The maximum absolute atomic E-state index is 5.89. The average molecular weight is 376 g/mol. The SMILES string of the molecule is Cc1cnc(Nc2ccc(Cl)cc2Br)c(Br)c1. The van der Waals surface area contributed by atoms with Gasteiger partial charge < -0.3 is 5.32 Å². The second-order valence-electron chi connectivity index (χ2n) is 3.59. The minimum absolute atomic E-state index is 0.693. The second kappa shape index (κ2) is 5.38. The Morgan fingerprint density at radius 2 is 1.94 bits per heavy atom. The fraction of sp³-hybridized carbons (Fsp3) is 0.0833. The highest BCUT2D eigenvalue weighted by Crippen LogP contribution is 2.30.